The normalized spacial score (nSPS) is 23.5. The lowest BCUT2D eigenvalue weighted by Crippen LogP contribution is -2.51. The number of rotatable bonds is 2. The lowest BCUT2D eigenvalue weighted by Gasteiger charge is -2.32. The summed E-state index contributed by atoms with van der Waals surface area (Å²) < 4.78 is 12.6. The first-order chi connectivity index (χ1) is 9.10. The third kappa shape index (κ3) is 3.44. The highest BCUT2D eigenvalue weighted by Crippen LogP contribution is 2.15. The van der Waals surface area contributed by atoms with E-state index in [1.807, 2.05) is 4.90 Å². The number of likely N-dealkylation sites (tertiary alicyclic amines) is 2. The third-order valence-electron chi connectivity index (χ3n) is 3.51. The van der Waals surface area contributed by atoms with Crippen LogP contribution in [0.4, 0.5) is 4.39 Å². The van der Waals surface area contributed by atoms with Crippen molar-refractivity contribution in [3.05, 3.63) is 0 Å². The molecule has 2 rings (SSSR count). The van der Waals surface area contributed by atoms with Crippen LogP contribution in [0.1, 0.15) is 6.42 Å². The largest absolute Gasteiger partial charge is 0.359 e. The van der Waals surface area contributed by atoms with Crippen LogP contribution in [-0.2, 0) is 9.59 Å². The molecule has 104 valence electrons. The molecule has 6 heteroatoms. The van der Waals surface area contributed by atoms with E-state index in [2.05, 4.69) is 17.2 Å². The molecule has 0 spiro atoms. The molecule has 2 aliphatic rings. The first-order valence-corrected chi connectivity index (χ1v) is 6.46. The fraction of sp³-hybridized carbons (Fsp3) is 0.692. The number of nitrogens with zero attached hydrogens (tertiary/aromatic N) is 2. The quantitative estimate of drug-likeness (QED) is 0.669. The first-order valence-electron chi connectivity index (χ1n) is 6.46. The Morgan fingerprint density at radius 2 is 2.11 bits per heavy atom. The van der Waals surface area contributed by atoms with E-state index >= 15 is 0 Å². The molecule has 0 aromatic carbocycles. The third-order valence-corrected chi connectivity index (χ3v) is 3.51. The minimum absolute atomic E-state index is 0.0187. The summed E-state index contributed by atoms with van der Waals surface area (Å²) in [6.45, 7) is 2.30. The monoisotopic (exact) mass is 267 g/mol. The second-order valence-corrected chi connectivity index (χ2v) is 4.94. The van der Waals surface area contributed by atoms with E-state index in [0.29, 0.717) is 13.1 Å². The molecular formula is C13H18FN3O2. The van der Waals surface area contributed by atoms with Gasteiger partial charge in [0.15, 0.2) is 0 Å². The summed E-state index contributed by atoms with van der Waals surface area (Å²) >= 11 is 0. The average molecular weight is 267 g/mol. The van der Waals surface area contributed by atoms with Gasteiger partial charge in [-0.15, -0.1) is 0 Å². The van der Waals surface area contributed by atoms with Gasteiger partial charge in [-0.05, 0) is 18.9 Å². The van der Waals surface area contributed by atoms with Gasteiger partial charge in [0.2, 0.25) is 5.91 Å². The van der Waals surface area contributed by atoms with E-state index in [9.17, 15) is 14.0 Å². The molecule has 19 heavy (non-hydrogen) atoms. The molecule has 0 saturated carbocycles. The van der Waals surface area contributed by atoms with Crippen LogP contribution < -0.4 is 5.32 Å². The summed E-state index contributed by atoms with van der Waals surface area (Å²) in [4.78, 5) is 26.4. The van der Waals surface area contributed by atoms with Crippen molar-refractivity contribution in [1.29, 1.82) is 0 Å². The Bertz CT molecular complexity index is 423. The van der Waals surface area contributed by atoms with E-state index in [1.165, 1.54) is 4.90 Å². The topological polar surface area (TPSA) is 52.7 Å². The molecule has 2 aliphatic heterocycles. The minimum atomic E-state index is -0.891. The Balaban J connectivity index is 1.72. The number of carbonyl (C=O) groups excluding carboxylic acids is 2. The van der Waals surface area contributed by atoms with Gasteiger partial charge in [0.05, 0.1) is 25.6 Å². The van der Waals surface area contributed by atoms with E-state index in [0.717, 1.165) is 13.0 Å². The number of halogens is 1. The molecule has 0 radical (unpaired) electrons. The highest BCUT2D eigenvalue weighted by atomic mass is 19.1. The van der Waals surface area contributed by atoms with Gasteiger partial charge >= 0.3 is 0 Å². The first kappa shape index (κ1) is 13.8. The number of hydrogen-bond acceptors (Lipinski definition) is 3. The van der Waals surface area contributed by atoms with E-state index in [-0.39, 0.29) is 30.8 Å². The van der Waals surface area contributed by atoms with Crippen LogP contribution in [0.25, 0.3) is 0 Å². The Kier molecular flexibility index (Phi) is 4.38. The van der Waals surface area contributed by atoms with Crippen LogP contribution in [0.3, 0.4) is 0 Å². The predicted molar refractivity (Wildman–Crippen MR) is 67.9 cm³/mol. The van der Waals surface area contributed by atoms with Gasteiger partial charge in [0.25, 0.3) is 5.91 Å². The molecular weight excluding hydrogens is 249 g/mol. The smallest absolute Gasteiger partial charge is 0.298 e. The zero-order valence-electron chi connectivity index (χ0n) is 11.0. The summed E-state index contributed by atoms with van der Waals surface area (Å²) in [5, 5.41) is 2.64. The summed E-state index contributed by atoms with van der Waals surface area (Å²) in [7, 11) is 1.63. The zero-order valence-corrected chi connectivity index (χ0v) is 11.0. The van der Waals surface area contributed by atoms with Gasteiger partial charge in [-0.25, -0.2) is 4.39 Å². The summed E-state index contributed by atoms with van der Waals surface area (Å²) in [6, 6.07) is 0. The maximum absolute atomic E-state index is 12.6. The minimum Gasteiger partial charge on any atom is -0.359 e. The number of amides is 2. The highest BCUT2D eigenvalue weighted by molar-refractivity contribution is 5.94. The van der Waals surface area contributed by atoms with Crippen LogP contribution >= 0.6 is 0 Å². The molecule has 2 saturated heterocycles. The molecule has 0 aromatic rings. The number of carbonyl (C=O) groups is 2. The summed E-state index contributed by atoms with van der Waals surface area (Å²) in [5.74, 6) is 5.08. The van der Waals surface area contributed by atoms with Gasteiger partial charge in [-0.3, -0.25) is 14.5 Å². The number of nitrogens with one attached hydrogen (secondary N) is 1. The molecule has 1 N–H and O–H groups in total. The Labute approximate surface area is 112 Å². The molecule has 0 aliphatic carbocycles. The van der Waals surface area contributed by atoms with Crippen molar-refractivity contribution in [2.24, 2.45) is 5.92 Å². The fourth-order valence-corrected chi connectivity index (χ4v) is 2.29. The molecule has 5 nitrogen and oxygen atoms in total. The average Bonchev–Trinajstić information content (AvgIpc) is 2.82. The Hall–Kier alpha value is -1.61. The predicted octanol–water partition coefficient (Wildman–Crippen LogP) is -0.762. The SMILES string of the molecule is CNC(=O)C1CCN(CC#CC(=O)N2CC(F)C2)C1. The van der Waals surface area contributed by atoms with Gasteiger partial charge < -0.3 is 10.2 Å². The van der Waals surface area contributed by atoms with Crippen LogP contribution in [-0.4, -0.2) is 67.6 Å². The van der Waals surface area contributed by atoms with Crippen molar-refractivity contribution >= 4 is 11.8 Å². The zero-order chi connectivity index (χ0) is 13.8. The van der Waals surface area contributed by atoms with Crippen molar-refractivity contribution in [2.45, 2.75) is 12.6 Å². The standard InChI is InChI=1S/C13H18FN3O2/c1-15-13(19)10-4-6-16(7-10)5-2-3-12(18)17-8-11(14)9-17/h10-11H,4-9H2,1H3,(H,15,19). The van der Waals surface area contributed by atoms with E-state index in [1.54, 1.807) is 7.05 Å². The molecule has 2 heterocycles. The van der Waals surface area contributed by atoms with Crippen LogP contribution in [0.5, 0.6) is 0 Å². The van der Waals surface area contributed by atoms with E-state index < -0.39 is 6.17 Å². The molecule has 1 atom stereocenters. The number of hydrogen-bond donors (Lipinski definition) is 1. The van der Waals surface area contributed by atoms with Gasteiger partial charge in [0, 0.05) is 13.6 Å². The number of alkyl halides is 1. The van der Waals surface area contributed by atoms with Crippen molar-refractivity contribution < 1.29 is 14.0 Å². The van der Waals surface area contributed by atoms with E-state index in [4.69, 9.17) is 0 Å². The van der Waals surface area contributed by atoms with Crippen molar-refractivity contribution in [2.75, 3.05) is 39.8 Å². The van der Waals surface area contributed by atoms with Gasteiger partial charge in [0.1, 0.15) is 6.17 Å². The molecule has 2 fully saturated rings. The molecule has 1 unspecified atom stereocenters. The second-order valence-electron chi connectivity index (χ2n) is 4.94. The molecule has 0 aromatic heterocycles. The van der Waals surface area contributed by atoms with Crippen LogP contribution in [0, 0.1) is 17.8 Å². The van der Waals surface area contributed by atoms with Crippen molar-refractivity contribution in [3.63, 3.8) is 0 Å². The summed E-state index contributed by atoms with van der Waals surface area (Å²) in [6.07, 6.45) is -0.0667. The van der Waals surface area contributed by atoms with Gasteiger partial charge in [-0.2, -0.15) is 0 Å². The fourth-order valence-electron chi connectivity index (χ4n) is 2.29. The summed E-state index contributed by atoms with van der Waals surface area (Å²) in [5.41, 5.74) is 0. The molecule has 0 bridgehead atoms. The Morgan fingerprint density at radius 1 is 1.37 bits per heavy atom. The highest BCUT2D eigenvalue weighted by Gasteiger charge is 2.29. The lowest BCUT2D eigenvalue weighted by atomic mass is 10.1. The van der Waals surface area contributed by atoms with Gasteiger partial charge in [-0.1, -0.05) is 5.92 Å². The van der Waals surface area contributed by atoms with Crippen LogP contribution in [0.2, 0.25) is 0 Å². The second kappa shape index (κ2) is 6.02. The maximum atomic E-state index is 12.6. The lowest BCUT2D eigenvalue weighted by molar-refractivity contribution is -0.131. The van der Waals surface area contributed by atoms with Crippen LogP contribution in [0.15, 0.2) is 0 Å². The van der Waals surface area contributed by atoms with Crippen molar-refractivity contribution in [1.82, 2.24) is 15.1 Å². The molecule has 2 amide bonds. The van der Waals surface area contributed by atoms with Crippen molar-refractivity contribution in [3.8, 4) is 11.8 Å². The Morgan fingerprint density at radius 3 is 2.74 bits per heavy atom. The maximum Gasteiger partial charge on any atom is 0.298 e.